The van der Waals surface area contributed by atoms with Crippen LogP contribution in [0.4, 0.5) is 10.6 Å². The van der Waals surface area contributed by atoms with Gasteiger partial charge in [0.1, 0.15) is 0 Å². The molecule has 3 atom stereocenters. The Bertz CT molecular complexity index is 816. The van der Waals surface area contributed by atoms with Crippen LogP contribution >= 0.6 is 0 Å². The van der Waals surface area contributed by atoms with Gasteiger partial charge in [-0.3, -0.25) is 9.89 Å². The number of nitrogens with one attached hydrogen (secondary N) is 3. The van der Waals surface area contributed by atoms with Crippen LogP contribution in [0.25, 0.3) is 0 Å². The quantitative estimate of drug-likeness (QED) is 0.545. The molecule has 0 aliphatic heterocycles. The number of rotatable bonds is 8. The van der Waals surface area contributed by atoms with E-state index in [1.165, 1.54) is 4.80 Å². The molecule has 28 heavy (non-hydrogen) atoms. The van der Waals surface area contributed by atoms with Crippen LogP contribution in [0.5, 0.6) is 0 Å². The van der Waals surface area contributed by atoms with Gasteiger partial charge in [0.15, 0.2) is 5.82 Å². The fourth-order valence-electron chi connectivity index (χ4n) is 3.91. The third-order valence-corrected chi connectivity index (χ3v) is 5.27. The van der Waals surface area contributed by atoms with Gasteiger partial charge in [-0.1, -0.05) is 6.92 Å². The second-order valence-corrected chi connectivity index (χ2v) is 7.43. The molecule has 3 rings (SSSR count). The fraction of sp³-hybridized carbons (Fsp3) is 0.611. The number of nitrogens with zero attached hydrogens (tertiary/aromatic N) is 4. The molecule has 1 saturated carbocycles. The molecule has 2 amide bonds. The zero-order valence-electron chi connectivity index (χ0n) is 16.2. The molecule has 0 saturated heterocycles. The van der Waals surface area contributed by atoms with E-state index in [1.54, 1.807) is 13.2 Å². The molecule has 0 aromatic carbocycles. The Morgan fingerprint density at radius 2 is 2.25 bits per heavy atom. The molecule has 3 unspecified atom stereocenters. The van der Waals surface area contributed by atoms with Crippen LogP contribution in [0.2, 0.25) is 0 Å². The summed E-state index contributed by atoms with van der Waals surface area (Å²) in [6.07, 6.45) is 5.49. The number of H-pyrrole nitrogens is 1. The number of carboxylic acid groups (broad SMARTS) is 1. The maximum Gasteiger partial charge on any atom is 0.404 e. The van der Waals surface area contributed by atoms with Crippen molar-refractivity contribution in [1.82, 2.24) is 30.5 Å². The molecule has 1 aliphatic rings. The number of aromatic nitrogens is 5. The lowest BCUT2D eigenvalue weighted by molar-refractivity contribution is -0.115. The maximum absolute atomic E-state index is 12.1. The van der Waals surface area contributed by atoms with Gasteiger partial charge < -0.3 is 15.7 Å². The third kappa shape index (κ3) is 5.30. The number of amides is 2. The van der Waals surface area contributed by atoms with E-state index in [0.717, 1.165) is 37.8 Å². The van der Waals surface area contributed by atoms with Gasteiger partial charge in [-0.05, 0) is 38.0 Å². The van der Waals surface area contributed by atoms with Gasteiger partial charge in [0.2, 0.25) is 5.91 Å². The Morgan fingerprint density at radius 3 is 2.93 bits per heavy atom. The van der Waals surface area contributed by atoms with Gasteiger partial charge in [0.05, 0.1) is 18.3 Å². The highest BCUT2D eigenvalue weighted by Gasteiger charge is 2.29. The standard InChI is InChI=1S/C18H27N7O3/c1-3-13(20-18(27)28)7-11-4-5-12(6-11)15-9-16(23-22-15)21-17(26)8-14-10-19-25(2)24-14/h9-13,20H,3-8H2,1-2H3,(H,27,28)(H2,21,22,23,26). The highest BCUT2D eigenvalue weighted by atomic mass is 16.4. The second-order valence-electron chi connectivity index (χ2n) is 7.43. The predicted molar refractivity (Wildman–Crippen MR) is 102 cm³/mol. The van der Waals surface area contributed by atoms with Crippen LogP contribution < -0.4 is 10.6 Å². The third-order valence-electron chi connectivity index (χ3n) is 5.27. The van der Waals surface area contributed by atoms with Crippen molar-refractivity contribution < 1.29 is 14.7 Å². The molecule has 152 valence electrons. The van der Waals surface area contributed by atoms with E-state index in [9.17, 15) is 9.59 Å². The summed E-state index contributed by atoms with van der Waals surface area (Å²) in [5, 5.41) is 29.6. The molecule has 2 heterocycles. The van der Waals surface area contributed by atoms with Crippen LogP contribution in [0.15, 0.2) is 12.3 Å². The summed E-state index contributed by atoms with van der Waals surface area (Å²) < 4.78 is 0. The van der Waals surface area contributed by atoms with Gasteiger partial charge >= 0.3 is 6.09 Å². The largest absolute Gasteiger partial charge is 0.465 e. The summed E-state index contributed by atoms with van der Waals surface area (Å²) in [5.41, 5.74) is 1.62. The van der Waals surface area contributed by atoms with Gasteiger partial charge in [-0.2, -0.15) is 20.1 Å². The minimum atomic E-state index is -0.961. The van der Waals surface area contributed by atoms with Crippen molar-refractivity contribution in [3.8, 4) is 0 Å². The summed E-state index contributed by atoms with van der Waals surface area (Å²) >= 11 is 0. The molecule has 0 radical (unpaired) electrons. The summed E-state index contributed by atoms with van der Waals surface area (Å²) in [4.78, 5) is 24.4. The van der Waals surface area contributed by atoms with Gasteiger partial charge in [-0.25, -0.2) is 4.79 Å². The van der Waals surface area contributed by atoms with E-state index in [1.807, 2.05) is 13.0 Å². The highest BCUT2D eigenvalue weighted by molar-refractivity contribution is 5.91. The first-order valence-electron chi connectivity index (χ1n) is 9.62. The smallest absolute Gasteiger partial charge is 0.404 e. The van der Waals surface area contributed by atoms with E-state index in [0.29, 0.717) is 23.3 Å². The summed E-state index contributed by atoms with van der Waals surface area (Å²) in [5.74, 6) is 1.16. The number of anilines is 1. The molecular weight excluding hydrogens is 362 g/mol. The molecule has 0 bridgehead atoms. The van der Waals surface area contributed by atoms with Crippen molar-refractivity contribution in [2.45, 2.75) is 57.4 Å². The minimum absolute atomic E-state index is 0.000971. The zero-order valence-corrected chi connectivity index (χ0v) is 16.2. The molecule has 1 aliphatic carbocycles. The van der Waals surface area contributed by atoms with E-state index >= 15 is 0 Å². The molecule has 10 nitrogen and oxygen atoms in total. The highest BCUT2D eigenvalue weighted by Crippen LogP contribution is 2.40. The van der Waals surface area contributed by atoms with Crippen LogP contribution in [0.3, 0.4) is 0 Å². The molecule has 2 aromatic rings. The molecule has 1 fully saturated rings. The maximum atomic E-state index is 12.1. The summed E-state index contributed by atoms with van der Waals surface area (Å²) in [7, 11) is 1.71. The second kappa shape index (κ2) is 8.85. The van der Waals surface area contributed by atoms with Crippen molar-refractivity contribution in [3.05, 3.63) is 23.7 Å². The first-order valence-corrected chi connectivity index (χ1v) is 9.62. The Morgan fingerprint density at radius 1 is 1.43 bits per heavy atom. The SMILES string of the molecule is CCC(CC1CCC(c2cc(NC(=O)Cc3cnn(C)n3)n[nH]2)C1)NC(=O)O. The number of aromatic amines is 1. The number of aryl methyl sites for hydroxylation is 1. The van der Waals surface area contributed by atoms with Crippen LogP contribution in [0, 0.1) is 5.92 Å². The topological polar surface area (TPSA) is 138 Å². The number of hydrogen-bond donors (Lipinski definition) is 4. The van der Waals surface area contributed by atoms with Crippen LogP contribution in [-0.4, -0.2) is 48.3 Å². The molecule has 2 aromatic heterocycles. The van der Waals surface area contributed by atoms with Crippen LogP contribution in [0.1, 0.15) is 56.3 Å². The minimum Gasteiger partial charge on any atom is -0.465 e. The Labute approximate surface area is 163 Å². The van der Waals surface area contributed by atoms with E-state index in [-0.39, 0.29) is 18.4 Å². The van der Waals surface area contributed by atoms with Gasteiger partial charge in [0, 0.05) is 30.8 Å². The van der Waals surface area contributed by atoms with Crippen molar-refractivity contribution in [2.24, 2.45) is 13.0 Å². The fourth-order valence-corrected chi connectivity index (χ4v) is 3.91. The first-order chi connectivity index (χ1) is 13.4. The van der Waals surface area contributed by atoms with Crippen molar-refractivity contribution in [1.29, 1.82) is 0 Å². The van der Waals surface area contributed by atoms with E-state index in [4.69, 9.17) is 5.11 Å². The van der Waals surface area contributed by atoms with E-state index < -0.39 is 6.09 Å². The lowest BCUT2D eigenvalue weighted by Crippen LogP contribution is -2.34. The lowest BCUT2D eigenvalue weighted by atomic mass is 9.95. The van der Waals surface area contributed by atoms with Gasteiger partial charge in [-0.15, -0.1) is 0 Å². The molecule has 10 heteroatoms. The summed E-state index contributed by atoms with van der Waals surface area (Å²) in [6.45, 7) is 2.00. The average Bonchev–Trinajstić information content (AvgIpc) is 3.35. The molecular formula is C18H27N7O3. The van der Waals surface area contributed by atoms with Crippen molar-refractivity contribution in [3.63, 3.8) is 0 Å². The van der Waals surface area contributed by atoms with E-state index in [2.05, 4.69) is 31.0 Å². The molecule has 0 spiro atoms. The summed E-state index contributed by atoms with van der Waals surface area (Å²) in [6, 6.07) is 1.88. The van der Waals surface area contributed by atoms with Gasteiger partial charge in [0.25, 0.3) is 0 Å². The Balaban J connectivity index is 1.50. The number of carbonyl (C=O) groups is 2. The average molecular weight is 389 g/mol. The lowest BCUT2D eigenvalue weighted by Gasteiger charge is -2.19. The number of hydrogen-bond acceptors (Lipinski definition) is 5. The Hall–Kier alpha value is -2.91. The first kappa shape index (κ1) is 19.8. The van der Waals surface area contributed by atoms with Crippen LogP contribution in [-0.2, 0) is 18.3 Å². The predicted octanol–water partition coefficient (Wildman–Crippen LogP) is 2.04. The van der Waals surface area contributed by atoms with Crippen molar-refractivity contribution in [2.75, 3.05) is 5.32 Å². The monoisotopic (exact) mass is 389 g/mol. The molecule has 4 N–H and O–H groups in total. The number of carbonyl (C=O) groups excluding carboxylic acids is 1. The zero-order chi connectivity index (χ0) is 20.1. The normalized spacial score (nSPS) is 20.1. The Kier molecular flexibility index (Phi) is 6.27. The van der Waals surface area contributed by atoms with Crippen molar-refractivity contribution >= 4 is 17.8 Å².